The van der Waals surface area contributed by atoms with E-state index in [0.29, 0.717) is 5.69 Å². The summed E-state index contributed by atoms with van der Waals surface area (Å²) in [6, 6.07) is 22.0. The van der Waals surface area contributed by atoms with Gasteiger partial charge in [0, 0.05) is 0 Å². The van der Waals surface area contributed by atoms with Crippen molar-refractivity contribution in [3.05, 3.63) is 85.5 Å². The maximum absolute atomic E-state index is 13.0. The van der Waals surface area contributed by atoms with Crippen molar-refractivity contribution >= 4 is 26.5 Å². The van der Waals surface area contributed by atoms with Gasteiger partial charge < -0.3 is 0 Å². The quantitative estimate of drug-likeness (QED) is 0.659. The second kappa shape index (κ2) is 6.26. The Balaban J connectivity index is 2.11. The van der Waals surface area contributed by atoms with Crippen LogP contribution in [0, 0.1) is 0 Å². The number of rotatable bonds is 5. The molecule has 3 nitrogen and oxygen atoms in total. The van der Waals surface area contributed by atoms with Crippen LogP contribution in [-0.4, -0.2) is 15.0 Å². The largest absolute Gasteiger partial charge is 0.264 e. The molecule has 0 N–H and O–H groups in total. The van der Waals surface area contributed by atoms with Crippen LogP contribution in [0.3, 0.4) is 0 Å². The summed E-state index contributed by atoms with van der Waals surface area (Å²) in [4.78, 5) is 0.280. The second-order valence-electron chi connectivity index (χ2n) is 5.17. The van der Waals surface area contributed by atoms with E-state index in [0.717, 1.165) is 10.8 Å². The van der Waals surface area contributed by atoms with E-state index in [9.17, 15) is 8.42 Å². The van der Waals surface area contributed by atoms with E-state index in [1.54, 1.807) is 30.3 Å². The third-order valence-corrected chi connectivity index (χ3v) is 5.44. The van der Waals surface area contributed by atoms with E-state index < -0.39 is 10.0 Å². The van der Waals surface area contributed by atoms with Crippen molar-refractivity contribution < 1.29 is 8.42 Å². The molecule has 3 rings (SSSR count). The average Bonchev–Trinajstić information content (AvgIpc) is 2.60. The van der Waals surface area contributed by atoms with Crippen molar-refractivity contribution in [2.45, 2.75) is 4.90 Å². The molecule has 0 fully saturated rings. The summed E-state index contributed by atoms with van der Waals surface area (Å²) in [6.07, 6.45) is 1.59. The molecule has 0 aliphatic carbocycles. The van der Waals surface area contributed by atoms with E-state index in [2.05, 4.69) is 6.58 Å². The van der Waals surface area contributed by atoms with Crippen LogP contribution >= 0.6 is 0 Å². The van der Waals surface area contributed by atoms with Crippen molar-refractivity contribution in [1.29, 1.82) is 0 Å². The standard InChI is InChI=1S/C19H17NO2S/c1-2-14-20(18-10-4-3-5-11-18)23(21,22)19-13-12-16-8-6-7-9-17(16)15-19/h2-13,15H,1,14H2. The number of hydrogen-bond acceptors (Lipinski definition) is 2. The monoisotopic (exact) mass is 323 g/mol. The second-order valence-corrected chi connectivity index (χ2v) is 7.03. The highest BCUT2D eigenvalue weighted by Gasteiger charge is 2.24. The molecule has 23 heavy (non-hydrogen) atoms. The summed E-state index contributed by atoms with van der Waals surface area (Å²) in [6.45, 7) is 3.90. The van der Waals surface area contributed by atoms with Gasteiger partial charge in [-0.05, 0) is 35.0 Å². The molecule has 116 valence electrons. The number of para-hydroxylation sites is 1. The van der Waals surface area contributed by atoms with Crippen molar-refractivity contribution in [2.24, 2.45) is 0 Å². The first kappa shape index (κ1) is 15.3. The van der Waals surface area contributed by atoms with Gasteiger partial charge in [0.1, 0.15) is 0 Å². The van der Waals surface area contributed by atoms with Gasteiger partial charge in [0.25, 0.3) is 10.0 Å². The Bertz CT molecular complexity index is 934. The molecule has 0 aliphatic heterocycles. The van der Waals surface area contributed by atoms with Crippen molar-refractivity contribution in [3.8, 4) is 0 Å². The van der Waals surface area contributed by atoms with E-state index in [1.165, 1.54) is 4.31 Å². The third kappa shape index (κ3) is 2.98. The normalized spacial score (nSPS) is 11.3. The van der Waals surface area contributed by atoms with Gasteiger partial charge in [-0.2, -0.15) is 0 Å². The molecule has 3 aromatic carbocycles. The number of hydrogen-bond donors (Lipinski definition) is 0. The molecule has 0 atom stereocenters. The van der Waals surface area contributed by atoms with E-state index in [-0.39, 0.29) is 11.4 Å². The van der Waals surface area contributed by atoms with Gasteiger partial charge in [-0.1, -0.05) is 54.6 Å². The Morgan fingerprint density at radius 2 is 1.52 bits per heavy atom. The summed E-state index contributed by atoms with van der Waals surface area (Å²) < 4.78 is 27.5. The Hall–Kier alpha value is -2.59. The average molecular weight is 323 g/mol. The summed E-state index contributed by atoms with van der Waals surface area (Å²) in [5, 5.41) is 1.92. The number of benzene rings is 3. The number of fused-ring (bicyclic) bond motifs is 1. The lowest BCUT2D eigenvalue weighted by Gasteiger charge is -2.23. The van der Waals surface area contributed by atoms with E-state index in [4.69, 9.17) is 0 Å². The van der Waals surface area contributed by atoms with Crippen LogP contribution in [0.25, 0.3) is 10.8 Å². The number of anilines is 1. The molecular weight excluding hydrogens is 306 g/mol. The molecule has 4 heteroatoms. The molecule has 0 bridgehead atoms. The van der Waals surface area contributed by atoms with Crippen molar-refractivity contribution in [1.82, 2.24) is 0 Å². The molecule has 0 spiro atoms. The molecule has 0 aromatic heterocycles. The lowest BCUT2D eigenvalue weighted by molar-refractivity contribution is 0.593. The zero-order valence-electron chi connectivity index (χ0n) is 12.6. The minimum atomic E-state index is -3.65. The van der Waals surface area contributed by atoms with E-state index in [1.807, 2.05) is 48.5 Å². The molecule has 0 saturated carbocycles. The lowest BCUT2D eigenvalue weighted by Crippen LogP contribution is -2.31. The summed E-state index contributed by atoms with van der Waals surface area (Å²) in [5.41, 5.74) is 0.626. The molecule has 3 aromatic rings. The van der Waals surface area contributed by atoms with Crippen LogP contribution in [-0.2, 0) is 10.0 Å². The fraction of sp³-hybridized carbons (Fsp3) is 0.0526. The smallest absolute Gasteiger partial charge is 0.263 e. The van der Waals surface area contributed by atoms with Gasteiger partial charge in [0.05, 0.1) is 17.1 Å². The molecule has 0 unspecified atom stereocenters. The maximum Gasteiger partial charge on any atom is 0.264 e. The van der Waals surface area contributed by atoms with Crippen LogP contribution in [0.4, 0.5) is 5.69 Å². The van der Waals surface area contributed by atoms with Crippen LogP contribution in [0.15, 0.2) is 90.3 Å². The minimum absolute atomic E-state index is 0.221. The van der Waals surface area contributed by atoms with E-state index >= 15 is 0 Å². The van der Waals surface area contributed by atoms with Crippen LogP contribution in [0.2, 0.25) is 0 Å². The van der Waals surface area contributed by atoms with Gasteiger partial charge in [-0.3, -0.25) is 4.31 Å². The number of nitrogens with zero attached hydrogens (tertiary/aromatic N) is 1. The predicted octanol–water partition coefficient (Wildman–Crippen LogP) is 4.22. The Kier molecular flexibility index (Phi) is 4.17. The van der Waals surface area contributed by atoms with Gasteiger partial charge in [-0.25, -0.2) is 8.42 Å². The predicted molar refractivity (Wildman–Crippen MR) is 95.1 cm³/mol. The maximum atomic E-state index is 13.0. The van der Waals surface area contributed by atoms with Gasteiger partial charge >= 0.3 is 0 Å². The van der Waals surface area contributed by atoms with Crippen molar-refractivity contribution in [3.63, 3.8) is 0 Å². The van der Waals surface area contributed by atoms with Crippen LogP contribution < -0.4 is 4.31 Å². The molecule has 0 radical (unpaired) electrons. The Labute approximate surface area is 136 Å². The Morgan fingerprint density at radius 3 is 2.22 bits per heavy atom. The zero-order valence-corrected chi connectivity index (χ0v) is 13.4. The molecule has 0 heterocycles. The fourth-order valence-electron chi connectivity index (χ4n) is 2.51. The van der Waals surface area contributed by atoms with Gasteiger partial charge in [-0.15, -0.1) is 6.58 Å². The number of sulfonamides is 1. The van der Waals surface area contributed by atoms with Crippen molar-refractivity contribution in [2.75, 3.05) is 10.8 Å². The molecule has 0 aliphatic rings. The Morgan fingerprint density at radius 1 is 0.870 bits per heavy atom. The minimum Gasteiger partial charge on any atom is -0.263 e. The van der Waals surface area contributed by atoms with Crippen LogP contribution in [0.1, 0.15) is 0 Å². The molecule has 0 amide bonds. The SMILES string of the molecule is C=CCN(c1ccccc1)S(=O)(=O)c1ccc2ccccc2c1. The molecule has 0 saturated heterocycles. The first-order chi connectivity index (χ1) is 11.1. The summed E-state index contributed by atoms with van der Waals surface area (Å²) in [5.74, 6) is 0. The third-order valence-electron chi connectivity index (χ3n) is 3.65. The molecular formula is C19H17NO2S. The zero-order chi connectivity index (χ0) is 16.3. The highest BCUT2D eigenvalue weighted by atomic mass is 32.2. The fourth-order valence-corrected chi connectivity index (χ4v) is 3.98. The first-order valence-corrected chi connectivity index (χ1v) is 8.74. The highest BCUT2D eigenvalue weighted by Crippen LogP contribution is 2.26. The first-order valence-electron chi connectivity index (χ1n) is 7.30. The lowest BCUT2D eigenvalue weighted by atomic mass is 10.1. The highest BCUT2D eigenvalue weighted by molar-refractivity contribution is 7.92. The summed E-state index contributed by atoms with van der Waals surface area (Å²) in [7, 11) is -3.65. The van der Waals surface area contributed by atoms with Gasteiger partial charge in [0.2, 0.25) is 0 Å². The topological polar surface area (TPSA) is 37.4 Å². The van der Waals surface area contributed by atoms with Gasteiger partial charge in [0.15, 0.2) is 0 Å². The summed E-state index contributed by atoms with van der Waals surface area (Å²) >= 11 is 0. The van der Waals surface area contributed by atoms with Crippen LogP contribution in [0.5, 0.6) is 0 Å².